The van der Waals surface area contributed by atoms with E-state index in [0.29, 0.717) is 22.2 Å². The van der Waals surface area contributed by atoms with Crippen molar-refractivity contribution in [2.75, 3.05) is 18.6 Å². The lowest BCUT2D eigenvalue weighted by Crippen LogP contribution is -2.49. The van der Waals surface area contributed by atoms with Crippen molar-refractivity contribution >= 4 is 33.9 Å². The van der Waals surface area contributed by atoms with E-state index in [0.717, 1.165) is 12.1 Å². The summed E-state index contributed by atoms with van der Waals surface area (Å²) in [5.41, 5.74) is 0.668. The van der Waals surface area contributed by atoms with Crippen molar-refractivity contribution < 1.29 is 23.1 Å². The van der Waals surface area contributed by atoms with Gasteiger partial charge in [-0.3, -0.25) is 18.9 Å². The van der Waals surface area contributed by atoms with Crippen LogP contribution in [0.15, 0.2) is 48.1 Å². The lowest BCUT2D eigenvalue weighted by Gasteiger charge is -2.19. The maximum atomic E-state index is 14.2. The van der Waals surface area contributed by atoms with Gasteiger partial charge in [-0.05, 0) is 24.3 Å². The summed E-state index contributed by atoms with van der Waals surface area (Å²) in [6.07, 6.45) is 2.99. The van der Waals surface area contributed by atoms with Crippen LogP contribution in [0.3, 0.4) is 0 Å². The molecule has 0 unspecified atom stereocenters. The number of fused-ring (bicyclic) bond motifs is 2. The number of halogens is 2. The molecule has 162 valence electrons. The van der Waals surface area contributed by atoms with Crippen LogP contribution in [0.1, 0.15) is 10.5 Å². The molecule has 4 heterocycles. The Balaban J connectivity index is 1.40. The summed E-state index contributed by atoms with van der Waals surface area (Å²) >= 11 is 1.21. The van der Waals surface area contributed by atoms with E-state index in [9.17, 15) is 18.4 Å². The number of nitrogens with one attached hydrogen (secondary N) is 1. The Bertz CT molecular complexity index is 1370. The fourth-order valence-corrected chi connectivity index (χ4v) is 4.32. The number of imidazole rings is 1. The number of anilines is 1. The molecule has 5 rings (SSSR count). The molecular formula is C21H15F2N5O3S. The third kappa shape index (κ3) is 3.36. The van der Waals surface area contributed by atoms with Crippen LogP contribution >= 0.6 is 11.3 Å². The van der Waals surface area contributed by atoms with E-state index in [-0.39, 0.29) is 23.8 Å². The standard InChI is InChI=1S/C21H15F2N5O3S/c1-27-18-17(3-2-6-24-18)31-9-15(20(27)30)25-19(29)14-8-28-16(10-32-21(28)26-14)12-5-4-11(22)7-13(12)23/h2-8,10,15H,9H2,1H3,(H,25,29)/t15-/m0/s1. The molecule has 32 heavy (non-hydrogen) atoms. The van der Waals surface area contributed by atoms with E-state index in [1.807, 2.05) is 0 Å². The molecule has 2 amide bonds. The molecule has 0 spiro atoms. The summed E-state index contributed by atoms with van der Waals surface area (Å²) < 4.78 is 34.7. The fraction of sp³-hybridized carbons (Fsp3) is 0.143. The lowest BCUT2D eigenvalue weighted by atomic mass is 10.1. The molecule has 3 aromatic heterocycles. The molecule has 0 aliphatic carbocycles. The number of nitrogens with zero attached hydrogens (tertiary/aromatic N) is 4. The van der Waals surface area contributed by atoms with Crippen molar-refractivity contribution in [1.82, 2.24) is 19.7 Å². The molecule has 0 saturated carbocycles. The number of rotatable bonds is 3. The largest absolute Gasteiger partial charge is 0.487 e. The maximum Gasteiger partial charge on any atom is 0.272 e. The van der Waals surface area contributed by atoms with E-state index in [4.69, 9.17) is 4.74 Å². The van der Waals surface area contributed by atoms with Gasteiger partial charge in [-0.2, -0.15) is 0 Å². The summed E-state index contributed by atoms with van der Waals surface area (Å²) in [5, 5.41) is 4.31. The predicted molar refractivity (Wildman–Crippen MR) is 113 cm³/mol. The summed E-state index contributed by atoms with van der Waals surface area (Å²) in [5.74, 6) is -1.56. The zero-order valence-electron chi connectivity index (χ0n) is 16.6. The minimum atomic E-state index is -0.949. The average Bonchev–Trinajstić information content (AvgIpc) is 3.34. The molecule has 1 aliphatic rings. The highest BCUT2D eigenvalue weighted by atomic mass is 32.1. The first kappa shape index (κ1) is 20.1. The molecule has 1 aliphatic heterocycles. The first-order valence-corrected chi connectivity index (χ1v) is 10.4. The molecule has 11 heteroatoms. The predicted octanol–water partition coefficient (Wildman–Crippen LogP) is 2.89. The van der Waals surface area contributed by atoms with Crippen LogP contribution < -0.4 is 15.0 Å². The molecule has 1 N–H and O–H groups in total. The molecule has 0 bridgehead atoms. The molecule has 4 aromatic rings. The van der Waals surface area contributed by atoms with Crippen molar-refractivity contribution in [3.8, 4) is 17.0 Å². The second-order valence-electron chi connectivity index (χ2n) is 7.08. The Kier molecular flexibility index (Phi) is 4.82. The van der Waals surface area contributed by atoms with Crippen molar-refractivity contribution in [1.29, 1.82) is 0 Å². The Morgan fingerprint density at radius 1 is 1.31 bits per heavy atom. The number of pyridine rings is 1. The fourth-order valence-electron chi connectivity index (χ4n) is 3.45. The van der Waals surface area contributed by atoms with Crippen molar-refractivity contribution in [2.24, 2.45) is 0 Å². The number of thiazole rings is 1. The normalized spacial score (nSPS) is 15.9. The van der Waals surface area contributed by atoms with Gasteiger partial charge in [-0.25, -0.2) is 18.7 Å². The van der Waals surface area contributed by atoms with E-state index < -0.39 is 23.6 Å². The summed E-state index contributed by atoms with van der Waals surface area (Å²) in [7, 11) is 1.55. The summed E-state index contributed by atoms with van der Waals surface area (Å²) in [6.45, 7) is -0.0676. The van der Waals surface area contributed by atoms with Crippen LogP contribution in [-0.2, 0) is 4.79 Å². The van der Waals surface area contributed by atoms with Crippen LogP contribution in [0, 0.1) is 11.6 Å². The second kappa shape index (κ2) is 7.68. The van der Waals surface area contributed by atoms with Gasteiger partial charge in [-0.1, -0.05) is 0 Å². The van der Waals surface area contributed by atoms with E-state index in [2.05, 4.69) is 15.3 Å². The van der Waals surface area contributed by atoms with Crippen molar-refractivity contribution in [2.45, 2.75) is 6.04 Å². The van der Waals surface area contributed by atoms with Crippen LogP contribution in [0.25, 0.3) is 16.2 Å². The molecule has 0 fully saturated rings. The van der Waals surface area contributed by atoms with Gasteiger partial charge in [0.25, 0.3) is 11.8 Å². The Morgan fingerprint density at radius 3 is 2.97 bits per heavy atom. The molecule has 0 radical (unpaired) electrons. The molecule has 1 atom stereocenters. The van der Waals surface area contributed by atoms with Gasteiger partial charge >= 0.3 is 0 Å². The van der Waals surface area contributed by atoms with E-state index >= 15 is 0 Å². The molecule has 1 aromatic carbocycles. The number of carbonyl (C=O) groups excluding carboxylic acids is 2. The highest BCUT2D eigenvalue weighted by Crippen LogP contribution is 2.29. The number of likely N-dealkylation sites (N-methyl/N-ethyl adjacent to an activating group) is 1. The SMILES string of the molecule is CN1C(=O)[C@@H](NC(=O)c2cn3c(-c4ccc(F)cc4F)csc3n2)COc2cccnc21. The smallest absolute Gasteiger partial charge is 0.272 e. The van der Waals surface area contributed by atoms with Crippen LogP contribution in [0.4, 0.5) is 14.6 Å². The first-order valence-electron chi connectivity index (χ1n) is 9.50. The van der Waals surface area contributed by atoms with E-state index in [1.54, 1.807) is 35.2 Å². The zero-order chi connectivity index (χ0) is 22.4. The Labute approximate surface area is 184 Å². The third-order valence-corrected chi connectivity index (χ3v) is 5.90. The third-order valence-electron chi connectivity index (χ3n) is 5.06. The van der Waals surface area contributed by atoms with Crippen LogP contribution in [0.5, 0.6) is 5.75 Å². The first-order chi connectivity index (χ1) is 15.4. The van der Waals surface area contributed by atoms with Gasteiger partial charge < -0.3 is 10.1 Å². The average molecular weight is 455 g/mol. The van der Waals surface area contributed by atoms with Crippen LogP contribution in [0.2, 0.25) is 0 Å². The summed E-state index contributed by atoms with van der Waals surface area (Å²) in [4.78, 5) is 35.8. The van der Waals surface area contributed by atoms with E-state index in [1.165, 1.54) is 28.5 Å². The molecule has 8 nitrogen and oxygen atoms in total. The number of ether oxygens (including phenoxy) is 1. The zero-order valence-corrected chi connectivity index (χ0v) is 17.4. The Morgan fingerprint density at radius 2 is 2.16 bits per heavy atom. The number of benzene rings is 1. The molecular weight excluding hydrogens is 440 g/mol. The number of hydrogen-bond acceptors (Lipinski definition) is 6. The van der Waals surface area contributed by atoms with Gasteiger partial charge in [-0.15, -0.1) is 11.3 Å². The quantitative estimate of drug-likeness (QED) is 0.513. The highest BCUT2D eigenvalue weighted by Gasteiger charge is 2.32. The van der Waals surface area contributed by atoms with Gasteiger partial charge in [0.05, 0.1) is 5.69 Å². The lowest BCUT2D eigenvalue weighted by molar-refractivity contribution is -0.120. The minimum Gasteiger partial charge on any atom is -0.487 e. The second-order valence-corrected chi connectivity index (χ2v) is 7.92. The van der Waals surface area contributed by atoms with Crippen LogP contribution in [-0.4, -0.2) is 45.9 Å². The van der Waals surface area contributed by atoms with Gasteiger partial charge in [0.2, 0.25) is 0 Å². The van der Waals surface area contributed by atoms with Gasteiger partial charge in [0, 0.05) is 36.5 Å². The van der Waals surface area contributed by atoms with Crippen molar-refractivity contribution in [3.63, 3.8) is 0 Å². The Hall–Kier alpha value is -3.86. The molecule has 0 saturated heterocycles. The minimum absolute atomic E-state index is 0.0518. The number of carbonyl (C=O) groups is 2. The summed E-state index contributed by atoms with van der Waals surface area (Å²) in [6, 6.07) is 5.72. The number of aromatic nitrogens is 3. The van der Waals surface area contributed by atoms with Gasteiger partial charge in [0.1, 0.15) is 30.0 Å². The van der Waals surface area contributed by atoms with Gasteiger partial charge in [0.15, 0.2) is 16.5 Å². The number of amides is 2. The topological polar surface area (TPSA) is 88.8 Å². The van der Waals surface area contributed by atoms with Crippen molar-refractivity contribution in [3.05, 3.63) is 65.4 Å². The maximum absolute atomic E-state index is 14.2. The highest BCUT2D eigenvalue weighted by molar-refractivity contribution is 7.15. The monoisotopic (exact) mass is 455 g/mol. The number of hydrogen-bond donors (Lipinski definition) is 1.